The smallest absolute Gasteiger partial charge is 0.224 e. The molecule has 0 saturated carbocycles. The number of aliphatic hydroxyl groups excluding tert-OH is 1. The third-order valence-electron chi connectivity index (χ3n) is 2.89. The summed E-state index contributed by atoms with van der Waals surface area (Å²) in [4.78, 5) is 14.1. The van der Waals surface area contributed by atoms with E-state index in [0.717, 1.165) is 13.0 Å². The fourth-order valence-corrected chi connectivity index (χ4v) is 1.99. The molecule has 6 heteroatoms. The van der Waals surface area contributed by atoms with E-state index in [2.05, 4.69) is 5.32 Å². The minimum atomic E-state index is -0.0638. The molecule has 0 fully saturated rings. The summed E-state index contributed by atoms with van der Waals surface area (Å²) < 4.78 is 0. The van der Waals surface area contributed by atoms with E-state index in [0.29, 0.717) is 24.2 Å². The number of amides is 1. The Kier molecular flexibility index (Phi) is 7.14. The first-order chi connectivity index (χ1) is 9.54. The number of para-hydroxylation sites is 1. The van der Waals surface area contributed by atoms with Gasteiger partial charge in [-0.1, -0.05) is 24.4 Å². The van der Waals surface area contributed by atoms with Crippen LogP contribution in [0.25, 0.3) is 0 Å². The second-order valence-electron chi connectivity index (χ2n) is 4.59. The van der Waals surface area contributed by atoms with Crippen molar-refractivity contribution < 1.29 is 9.90 Å². The second kappa shape index (κ2) is 8.63. The SMILES string of the molecule is CN(CCO)CCCC(=O)Nc1ccccc1C(N)=S. The van der Waals surface area contributed by atoms with Crippen LogP contribution in [0.15, 0.2) is 24.3 Å². The van der Waals surface area contributed by atoms with Gasteiger partial charge < -0.3 is 21.1 Å². The van der Waals surface area contributed by atoms with Crippen LogP contribution in [0.4, 0.5) is 5.69 Å². The van der Waals surface area contributed by atoms with Crippen LogP contribution in [0, 0.1) is 0 Å². The van der Waals surface area contributed by atoms with Crippen molar-refractivity contribution in [2.24, 2.45) is 5.73 Å². The molecule has 0 saturated heterocycles. The van der Waals surface area contributed by atoms with Gasteiger partial charge in [-0.2, -0.15) is 0 Å². The number of nitrogens with zero attached hydrogens (tertiary/aromatic N) is 1. The van der Waals surface area contributed by atoms with Crippen LogP contribution >= 0.6 is 12.2 Å². The van der Waals surface area contributed by atoms with Crippen molar-refractivity contribution in [3.8, 4) is 0 Å². The molecule has 0 atom stereocenters. The molecular weight excluding hydrogens is 274 g/mol. The van der Waals surface area contributed by atoms with Crippen molar-refractivity contribution in [2.75, 3.05) is 32.1 Å². The van der Waals surface area contributed by atoms with Gasteiger partial charge >= 0.3 is 0 Å². The molecule has 4 N–H and O–H groups in total. The normalized spacial score (nSPS) is 10.6. The van der Waals surface area contributed by atoms with Crippen LogP contribution in [0.1, 0.15) is 18.4 Å². The lowest BCUT2D eigenvalue weighted by Crippen LogP contribution is -2.24. The number of hydrogen-bond donors (Lipinski definition) is 3. The van der Waals surface area contributed by atoms with Crippen molar-refractivity contribution in [1.82, 2.24) is 4.90 Å². The van der Waals surface area contributed by atoms with Crippen molar-refractivity contribution in [3.05, 3.63) is 29.8 Å². The third-order valence-corrected chi connectivity index (χ3v) is 3.11. The van der Waals surface area contributed by atoms with Crippen LogP contribution in [-0.2, 0) is 4.79 Å². The van der Waals surface area contributed by atoms with Gasteiger partial charge in [0.15, 0.2) is 0 Å². The molecule has 0 aromatic heterocycles. The summed E-state index contributed by atoms with van der Waals surface area (Å²) in [6, 6.07) is 7.22. The second-order valence-corrected chi connectivity index (χ2v) is 5.03. The zero-order valence-electron chi connectivity index (χ0n) is 11.6. The Bertz CT molecular complexity index is 465. The van der Waals surface area contributed by atoms with E-state index in [1.165, 1.54) is 0 Å². The number of rotatable bonds is 8. The van der Waals surface area contributed by atoms with Crippen LogP contribution in [0.2, 0.25) is 0 Å². The standard InChI is InChI=1S/C14H21N3O2S/c1-17(9-10-18)8-4-7-13(19)16-12-6-3-2-5-11(12)14(15)20/h2-3,5-6,18H,4,7-10H2,1H3,(H2,15,20)(H,16,19). The zero-order valence-corrected chi connectivity index (χ0v) is 12.4. The molecule has 0 aliphatic heterocycles. The summed E-state index contributed by atoms with van der Waals surface area (Å²) in [5.74, 6) is -0.0638. The molecule has 1 aromatic carbocycles. The molecular formula is C14H21N3O2S. The van der Waals surface area contributed by atoms with Gasteiger partial charge in [0, 0.05) is 18.5 Å². The van der Waals surface area contributed by atoms with Crippen LogP contribution in [-0.4, -0.2) is 47.6 Å². The molecule has 1 amide bonds. The molecule has 0 radical (unpaired) electrons. The van der Waals surface area contributed by atoms with Crippen LogP contribution in [0.5, 0.6) is 0 Å². The maximum Gasteiger partial charge on any atom is 0.224 e. The lowest BCUT2D eigenvalue weighted by atomic mass is 10.1. The quantitative estimate of drug-likeness (QED) is 0.623. The van der Waals surface area contributed by atoms with E-state index in [1.54, 1.807) is 12.1 Å². The first-order valence-electron chi connectivity index (χ1n) is 6.52. The molecule has 0 spiro atoms. The number of thiocarbonyl (C=S) groups is 1. The Morgan fingerprint density at radius 2 is 2.10 bits per heavy atom. The van der Waals surface area contributed by atoms with Crippen molar-refractivity contribution >= 4 is 28.8 Å². The highest BCUT2D eigenvalue weighted by atomic mass is 32.1. The highest BCUT2D eigenvalue weighted by molar-refractivity contribution is 7.80. The Balaban J connectivity index is 2.45. The molecule has 0 unspecified atom stereocenters. The number of likely N-dealkylation sites (N-methyl/N-ethyl adjacent to an activating group) is 1. The topological polar surface area (TPSA) is 78.6 Å². The third kappa shape index (κ3) is 5.64. The van der Waals surface area contributed by atoms with E-state index < -0.39 is 0 Å². The number of aliphatic hydroxyl groups is 1. The Morgan fingerprint density at radius 1 is 1.40 bits per heavy atom. The van der Waals surface area contributed by atoms with E-state index >= 15 is 0 Å². The van der Waals surface area contributed by atoms with Gasteiger partial charge in [-0.25, -0.2) is 0 Å². The van der Waals surface area contributed by atoms with Crippen LogP contribution in [0.3, 0.4) is 0 Å². The maximum absolute atomic E-state index is 11.9. The van der Waals surface area contributed by atoms with E-state index in [1.807, 2.05) is 24.1 Å². The highest BCUT2D eigenvalue weighted by Gasteiger charge is 2.08. The molecule has 0 aliphatic carbocycles. The average molecular weight is 295 g/mol. The fraction of sp³-hybridized carbons (Fsp3) is 0.429. The molecule has 1 aromatic rings. The molecule has 1 rings (SSSR count). The number of anilines is 1. The summed E-state index contributed by atoms with van der Waals surface area (Å²) in [5, 5.41) is 11.6. The predicted molar refractivity (Wildman–Crippen MR) is 84.8 cm³/mol. The zero-order chi connectivity index (χ0) is 15.0. The van der Waals surface area contributed by atoms with E-state index in [-0.39, 0.29) is 17.5 Å². The van der Waals surface area contributed by atoms with Crippen molar-refractivity contribution in [1.29, 1.82) is 0 Å². The van der Waals surface area contributed by atoms with Crippen molar-refractivity contribution in [2.45, 2.75) is 12.8 Å². The van der Waals surface area contributed by atoms with Gasteiger partial charge in [-0.05, 0) is 32.1 Å². The van der Waals surface area contributed by atoms with Crippen molar-refractivity contribution in [3.63, 3.8) is 0 Å². The van der Waals surface area contributed by atoms with Gasteiger partial charge in [0.2, 0.25) is 5.91 Å². The molecule has 20 heavy (non-hydrogen) atoms. The van der Waals surface area contributed by atoms with Gasteiger partial charge in [0.05, 0.1) is 12.3 Å². The first kappa shape index (κ1) is 16.6. The minimum absolute atomic E-state index is 0.0638. The molecule has 110 valence electrons. The highest BCUT2D eigenvalue weighted by Crippen LogP contribution is 2.15. The van der Waals surface area contributed by atoms with Gasteiger partial charge in [0.25, 0.3) is 0 Å². The fourth-order valence-electron chi connectivity index (χ4n) is 1.81. The predicted octanol–water partition coefficient (Wildman–Crippen LogP) is 0.964. The van der Waals surface area contributed by atoms with Gasteiger partial charge in [0.1, 0.15) is 4.99 Å². The molecule has 0 bridgehead atoms. The number of nitrogens with two attached hydrogens (primary N) is 1. The van der Waals surface area contributed by atoms with Gasteiger partial charge in [-0.15, -0.1) is 0 Å². The van der Waals surface area contributed by atoms with E-state index in [9.17, 15) is 4.79 Å². The Labute approximate surface area is 124 Å². The minimum Gasteiger partial charge on any atom is -0.395 e. The van der Waals surface area contributed by atoms with Crippen LogP contribution < -0.4 is 11.1 Å². The molecule has 0 heterocycles. The summed E-state index contributed by atoms with van der Waals surface area (Å²) in [5.41, 5.74) is 6.93. The lowest BCUT2D eigenvalue weighted by molar-refractivity contribution is -0.116. The molecule has 5 nitrogen and oxygen atoms in total. The average Bonchev–Trinajstić information content (AvgIpc) is 2.39. The Morgan fingerprint density at radius 3 is 2.75 bits per heavy atom. The molecule has 0 aliphatic rings. The number of hydrogen-bond acceptors (Lipinski definition) is 4. The number of benzene rings is 1. The number of carbonyl (C=O) groups is 1. The summed E-state index contributed by atoms with van der Waals surface area (Å²) in [6.45, 7) is 1.51. The number of nitrogens with one attached hydrogen (secondary N) is 1. The Hall–Kier alpha value is -1.50. The first-order valence-corrected chi connectivity index (χ1v) is 6.93. The summed E-state index contributed by atoms with van der Waals surface area (Å²) >= 11 is 4.95. The summed E-state index contributed by atoms with van der Waals surface area (Å²) in [6.07, 6.45) is 1.15. The number of carbonyl (C=O) groups excluding carboxylic acids is 1. The monoisotopic (exact) mass is 295 g/mol. The van der Waals surface area contributed by atoms with Gasteiger partial charge in [-0.3, -0.25) is 4.79 Å². The largest absolute Gasteiger partial charge is 0.395 e. The summed E-state index contributed by atoms with van der Waals surface area (Å²) in [7, 11) is 1.91. The van der Waals surface area contributed by atoms with E-state index in [4.69, 9.17) is 23.1 Å². The maximum atomic E-state index is 11.9. The lowest BCUT2D eigenvalue weighted by Gasteiger charge is -2.14.